The molecular formula is C42H34ClFN2O7. The average Bonchev–Trinajstić information content (AvgIpc) is 3.54. The maximum absolute atomic E-state index is 14.7. The normalized spacial score (nSPS) is 26.3. The largest absolute Gasteiger partial charge is 0.491 e. The van der Waals surface area contributed by atoms with Gasteiger partial charge in [-0.2, -0.15) is 0 Å². The number of imide groups is 2. The topological polar surface area (TPSA) is 121 Å². The van der Waals surface area contributed by atoms with Gasteiger partial charge >= 0.3 is 0 Å². The van der Waals surface area contributed by atoms with Gasteiger partial charge in [-0.25, -0.2) is 9.29 Å². The van der Waals surface area contributed by atoms with Gasteiger partial charge in [-0.05, 0) is 74.2 Å². The lowest BCUT2D eigenvalue weighted by molar-refractivity contribution is -0.131. The van der Waals surface area contributed by atoms with Crippen LogP contribution in [-0.4, -0.2) is 47.7 Å². The molecular weight excluding hydrogens is 699 g/mol. The molecule has 1 saturated carbocycles. The van der Waals surface area contributed by atoms with Crippen molar-refractivity contribution >= 4 is 52.4 Å². The van der Waals surface area contributed by atoms with Gasteiger partial charge in [0.2, 0.25) is 23.6 Å². The minimum absolute atomic E-state index is 0.0121. The summed E-state index contributed by atoms with van der Waals surface area (Å²) in [6.45, 7) is 1.48. The number of rotatable bonds is 8. The van der Waals surface area contributed by atoms with E-state index in [1.807, 2.05) is 18.2 Å². The summed E-state index contributed by atoms with van der Waals surface area (Å²) in [5.74, 6) is -6.03. The third-order valence-corrected chi connectivity index (χ3v) is 11.7. The molecule has 4 aliphatic rings. The number of carbonyl (C=O) groups excluding carboxylic acids is 5. The number of amides is 4. The number of benzene rings is 4. The van der Waals surface area contributed by atoms with E-state index in [-0.39, 0.29) is 48.5 Å². The summed E-state index contributed by atoms with van der Waals surface area (Å²) in [5.41, 5.74) is 1.40. The van der Waals surface area contributed by atoms with Crippen molar-refractivity contribution in [2.24, 2.45) is 29.1 Å². The number of hydrogen-bond acceptors (Lipinski definition) is 7. The van der Waals surface area contributed by atoms with Crippen molar-refractivity contribution in [3.05, 3.63) is 136 Å². The summed E-state index contributed by atoms with van der Waals surface area (Å²) in [6.07, 6.45) is 2.29. The van der Waals surface area contributed by atoms with Crippen LogP contribution in [0.2, 0.25) is 5.02 Å². The number of aliphatic hydroxyl groups is 1. The lowest BCUT2D eigenvalue weighted by Gasteiger charge is -2.49. The van der Waals surface area contributed by atoms with E-state index < -0.39 is 58.5 Å². The molecule has 0 aromatic heterocycles. The van der Waals surface area contributed by atoms with Crippen LogP contribution >= 0.6 is 11.6 Å². The summed E-state index contributed by atoms with van der Waals surface area (Å²) < 4.78 is 20.2. The zero-order valence-electron chi connectivity index (χ0n) is 28.6. The fourth-order valence-electron chi connectivity index (χ4n) is 9.01. The summed E-state index contributed by atoms with van der Waals surface area (Å²) in [4.78, 5) is 73.1. The van der Waals surface area contributed by atoms with E-state index in [1.54, 1.807) is 73.7 Å². The summed E-state index contributed by atoms with van der Waals surface area (Å²) in [7, 11) is 0. The van der Waals surface area contributed by atoms with Crippen LogP contribution in [0.5, 0.6) is 5.75 Å². The van der Waals surface area contributed by atoms with Crippen LogP contribution in [0.1, 0.15) is 47.2 Å². The fourth-order valence-corrected chi connectivity index (χ4v) is 9.18. The Balaban J connectivity index is 1.19. The van der Waals surface area contributed by atoms with Gasteiger partial charge in [-0.1, -0.05) is 71.8 Å². The Kier molecular flexibility index (Phi) is 8.62. The first-order valence-electron chi connectivity index (χ1n) is 17.5. The van der Waals surface area contributed by atoms with Crippen LogP contribution in [0.25, 0.3) is 0 Å². The molecule has 0 unspecified atom stereocenters. The molecule has 268 valence electrons. The number of nitrogens with zero attached hydrogens (tertiary/aromatic N) is 2. The zero-order chi connectivity index (χ0) is 37.2. The van der Waals surface area contributed by atoms with Gasteiger partial charge < -0.3 is 9.84 Å². The average molecular weight is 733 g/mol. The molecule has 8 rings (SSSR count). The molecule has 6 atom stereocenters. The zero-order valence-corrected chi connectivity index (χ0v) is 29.3. The van der Waals surface area contributed by atoms with E-state index in [1.165, 1.54) is 17.0 Å². The number of para-hydroxylation sites is 1. The molecule has 0 bridgehead atoms. The van der Waals surface area contributed by atoms with Crippen LogP contribution in [0.15, 0.2) is 109 Å². The molecule has 4 aromatic carbocycles. The lowest BCUT2D eigenvalue weighted by Crippen LogP contribution is -2.49. The predicted octanol–water partition coefficient (Wildman–Crippen LogP) is 6.52. The first-order valence-corrected chi connectivity index (χ1v) is 17.9. The Bertz CT molecular complexity index is 2220. The highest BCUT2D eigenvalue weighted by atomic mass is 35.5. The molecule has 3 fully saturated rings. The van der Waals surface area contributed by atoms with Crippen molar-refractivity contribution in [1.82, 2.24) is 0 Å². The van der Waals surface area contributed by atoms with E-state index in [2.05, 4.69) is 0 Å². The fraction of sp³-hybridized carbons (Fsp3) is 0.262. The third kappa shape index (κ3) is 5.34. The second-order valence-electron chi connectivity index (χ2n) is 14.1. The maximum Gasteiger partial charge on any atom is 0.241 e. The second-order valence-corrected chi connectivity index (χ2v) is 14.5. The summed E-state index contributed by atoms with van der Waals surface area (Å²) in [6, 6.07) is 26.0. The molecule has 4 amide bonds. The molecule has 2 aliphatic carbocycles. The molecule has 0 spiro atoms. The van der Waals surface area contributed by atoms with E-state index in [0.29, 0.717) is 28.1 Å². The number of ketones is 1. The standard InChI is InChI=1S/C42H34ClFN2O7/c1-42-31(39(50)46(41(42)52)26-15-18-33(44)32(43)21-26)22-30-27(36(42)28-9-5-6-10-34(28)53-20-19-47)16-17-29-35(30)40(51)45(38(29)49)25-13-11-24(12-14-25)37(48)23-7-3-2-4-8-23/h2-16,18,21,29-31,35-36,47H,17,19-20,22H2,1H3/t29-,30+,31-,35-,36+,42+/m0/s1. The quantitative estimate of drug-likeness (QED) is 0.125. The van der Waals surface area contributed by atoms with Crippen LogP contribution in [0, 0.1) is 34.9 Å². The Morgan fingerprint density at radius 3 is 2.25 bits per heavy atom. The van der Waals surface area contributed by atoms with Gasteiger partial charge in [0.05, 0.1) is 46.2 Å². The highest BCUT2D eigenvalue weighted by molar-refractivity contribution is 6.32. The Morgan fingerprint density at radius 1 is 0.849 bits per heavy atom. The maximum atomic E-state index is 14.7. The van der Waals surface area contributed by atoms with Crippen LogP contribution < -0.4 is 14.5 Å². The number of hydrogen-bond donors (Lipinski definition) is 1. The minimum atomic E-state index is -1.36. The van der Waals surface area contributed by atoms with E-state index in [9.17, 15) is 33.5 Å². The lowest BCUT2D eigenvalue weighted by atomic mass is 9.51. The van der Waals surface area contributed by atoms with Gasteiger partial charge in [-0.3, -0.25) is 28.9 Å². The molecule has 53 heavy (non-hydrogen) atoms. The van der Waals surface area contributed by atoms with Gasteiger partial charge in [0.25, 0.3) is 0 Å². The van der Waals surface area contributed by atoms with Crippen molar-refractivity contribution < 1.29 is 38.2 Å². The molecule has 2 saturated heterocycles. The molecule has 0 radical (unpaired) electrons. The van der Waals surface area contributed by atoms with Crippen molar-refractivity contribution in [2.75, 3.05) is 23.0 Å². The SMILES string of the molecule is C[C@@]12C(=O)N(c3ccc(F)c(Cl)c3)C(=O)[C@@H]1C[C@@H]1C(=CC[C@@H]3C(=O)N(c4ccc(C(=O)c5ccccc5)cc4)C(=O)[C@@H]31)[C@@H]2c1ccccc1OCCO. The van der Waals surface area contributed by atoms with Gasteiger partial charge in [0.15, 0.2) is 5.78 Å². The van der Waals surface area contributed by atoms with E-state index >= 15 is 0 Å². The number of ether oxygens (including phenoxy) is 1. The molecule has 1 N–H and O–H groups in total. The minimum Gasteiger partial charge on any atom is -0.491 e. The van der Waals surface area contributed by atoms with Crippen molar-refractivity contribution in [3.8, 4) is 5.75 Å². The van der Waals surface area contributed by atoms with Gasteiger partial charge in [0, 0.05) is 22.6 Å². The monoisotopic (exact) mass is 732 g/mol. The van der Waals surface area contributed by atoms with Crippen molar-refractivity contribution in [1.29, 1.82) is 0 Å². The van der Waals surface area contributed by atoms with Crippen LogP contribution in [0.3, 0.4) is 0 Å². The molecule has 4 aromatic rings. The third-order valence-electron chi connectivity index (χ3n) is 11.4. The first-order chi connectivity index (χ1) is 25.6. The number of aliphatic hydroxyl groups excluding tert-OH is 1. The number of fused-ring (bicyclic) bond motifs is 4. The highest BCUT2D eigenvalue weighted by Gasteiger charge is 2.68. The molecule has 2 aliphatic heterocycles. The second kappa shape index (κ2) is 13.2. The van der Waals surface area contributed by atoms with E-state index in [0.717, 1.165) is 16.5 Å². The Hall–Kier alpha value is -5.45. The van der Waals surface area contributed by atoms with Gasteiger partial charge in [0.1, 0.15) is 18.2 Å². The van der Waals surface area contributed by atoms with Crippen LogP contribution in [0.4, 0.5) is 15.8 Å². The van der Waals surface area contributed by atoms with E-state index in [4.69, 9.17) is 16.3 Å². The molecule has 9 nitrogen and oxygen atoms in total. The Morgan fingerprint density at radius 2 is 1.53 bits per heavy atom. The number of halogens is 2. The van der Waals surface area contributed by atoms with Crippen LogP contribution in [-0.2, 0) is 19.2 Å². The Labute approximate surface area is 309 Å². The molecule has 11 heteroatoms. The highest BCUT2D eigenvalue weighted by Crippen LogP contribution is 2.64. The van der Waals surface area contributed by atoms with Crippen molar-refractivity contribution in [2.45, 2.75) is 25.7 Å². The number of carbonyl (C=O) groups is 5. The molecule has 2 heterocycles. The first kappa shape index (κ1) is 34.6. The van der Waals surface area contributed by atoms with Crippen molar-refractivity contribution in [3.63, 3.8) is 0 Å². The summed E-state index contributed by atoms with van der Waals surface area (Å²) >= 11 is 6.11. The number of allylic oxidation sites excluding steroid dienone is 2. The predicted molar refractivity (Wildman–Crippen MR) is 194 cm³/mol. The number of anilines is 2. The van der Waals surface area contributed by atoms with Gasteiger partial charge in [-0.15, -0.1) is 0 Å². The smallest absolute Gasteiger partial charge is 0.241 e. The summed E-state index contributed by atoms with van der Waals surface area (Å²) in [5, 5.41) is 9.36.